The normalized spacial score (nSPS) is 9.61. The molecule has 0 fully saturated rings. The lowest BCUT2D eigenvalue weighted by Crippen LogP contribution is -2.35. The van der Waals surface area contributed by atoms with Crippen LogP contribution in [0.5, 0.6) is 0 Å². The molecule has 132 valence electrons. The summed E-state index contributed by atoms with van der Waals surface area (Å²) in [5, 5.41) is 5.50. The van der Waals surface area contributed by atoms with Crippen molar-refractivity contribution in [3.8, 4) is 0 Å². The number of nitrogens with one attached hydrogen (secondary N) is 2. The molecular formula is C19H33FN2O. The molecule has 2 amide bonds. The molecule has 0 saturated carbocycles. The summed E-state index contributed by atoms with van der Waals surface area (Å²) < 4.78 is 13.5. The van der Waals surface area contributed by atoms with E-state index in [9.17, 15) is 9.18 Å². The molecule has 2 N–H and O–H groups in total. The summed E-state index contributed by atoms with van der Waals surface area (Å²) in [4.78, 5) is 11.8. The van der Waals surface area contributed by atoms with Crippen LogP contribution in [0.4, 0.5) is 14.9 Å². The molecule has 4 heteroatoms. The van der Waals surface area contributed by atoms with E-state index in [4.69, 9.17) is 0 Å². The van der Waals surface area contributed by atoms with Gasteiger partial charge in [0.1, 0.15) is 5.82 Å². The maximum absolute atomic E-state index is 13.5. The number of aryl methyl sites for hydroxylation is 1. The van der Waals surface area contributed by atoms with Crippen LogP contribution in [0.2, 0.25) is 0 Å². The summed E-state index contributed by atoms with van der Waals surface area (Å²) in [5.41, 5.74) is 1.65. The number of amides is 2. The van der Waals surface area contributed by atoms with E-state index in [1.807, 2.05) is 48.5 Å². The van der Waals surface area contributed by atoms with E-state index in [1.165, 1.54) is 12.1 Å². The van der Waals surface area contributed by atoms with Crippen molar-refractivity contribution in [1.82, 2.24) is 5.32 Å². The molecule has 0 aliphatic rings. The van der Waals surface area contributed by atoms with Crippen LogP contribution in [-0.4, -0.2) is 12.6 Å². The van der Waals surface area contributed by atoms with Crippen molar-refractivity contribution in [3.63, 3.8) is 0 Å². The fourth-order valence-corrected chi connectivity index (χ4v) is 1.49. The molecule has 0 saturated heterocycles. The molecule has 23 heavy (non-hydrogen) atoms. The molecule has 0 heterocycles. The van der Waals surface area contributed by atoms with Crippen LogP contribution in [0.1, 0.15) is 59.6 Å². The highest BCUT2D eigenvalue weighted by Gasteiger charge is 2.13. The number of hydrogen-bond donors (Lipinski definition) is 2. The van der Waals surface area contributed by atoms with Crippen LogP contribution in [0.15, 0.2) is 18.7 Å². The quantitative estimate of drug-likeness (QED) is 0.703. The third-order valence-electron chi connectivity index (χ3n) is 2.59. The topological polar surface area (TPSA) is 41.1 Å². The minimum Gasteiger partial charge on any atom is -0.337 e. The van der Waals surface area contributed by atoms with Crippen molar-refractivity contribution in [2.75, 3.05) is 11.9 Å². The van der Waals surface area contributed by atoms with Crippen LogP contribution in [0.25, 0.3) is 6.08 Å². The van der Waals surface area contributed by atoms with Crippen molar-refractivity contribution >= 4 is 17.8 Å². The van der Waals surface area contributed by atoms with Gasteiger partial charge in [0.25, 0.3) is 0 Å². The molecule has 1 rings (SSSR count). The molecule has 0 aromatic heterocycles. The third-order valence-corrected chi connectivity index (χ3v) is 2.59. The smallest absolute Gasteiger partial charge is 0.319 e. The first-order valence-corrected chi connectivity index (χ1v) is 8.20. The van der Waals surface area contributed by atoms with E-state index >= 15 is 0 Å². The minimum atomic E-state index is -0.340. The van der Waals surface area contributed by atoms with Crippen molar-refractivity contribution < 1.29 is 9.18 Å². The number of rotatable bonds is 3. The molecule has 0 unspecified atom stereocenters. The Balaban J connectivity index is 0. The molecule has 0 spiro atoms. The highest BCUT2D eigenvalue weighted by Crippen LogP contribution is 2.21. The number of benzene rings is 1. The van der Waals surface area contributed by atoms with E-state index in [1.54, 1.807) is 13.0 Å². The van der Waals surface area contributed by atoms with Gasteiger partial charge in [-0.1, -0.05) is 61.1 Å². The maximum atomic E-state index is 13.5. The van der Waals surface area contributed by atoms with E-state index < -0.39 is 0 Å². The van der Waals surface area contributed by atoms with Gasteiger partial charge in [-0.3, -0.25) is 0 Å². The molecular weight excluding hydrogens is 291 g/mol. The van der Waals surface area contributed by atoms with Gasteiger partial charge in [0.05, 0.1) is 0 Å². The fraction of sp³-hybridized carbons (Fsp3) is 0.526. The largest absolute Gasteiger partial charge is 0.337 e. The summed E-state index contributed by atoms with van der Waals surface area (Å²) in [6, 6.07) is 2.67. The zero-order valence-electron chi connectivity index (χ0n) is 15.9. The number of carbonyl (C=O) groups is 1. The van der Waals surface area contributed by atoms with Gasteiger partial charge < -0.3 is 10.6 Å². The van der Waals surface area contributed by atoms with E-state index in [2.05, 4.69) is 17.2 Å². The second-order valence-corrected chi connectivity index (χ2v) is 5.76. The Bertz CT molecular complexity index is 491. The summed E-state index contributed by atoms with van der Waals surface area (Å²) in [7, 11) is 0. The first-order valence-electron chi connectivity index (χ1n) is 8.20. The standard InChI is InChI=1S/C15H21FN2O.2C2H6/c1-6-11-8-13(10(2)7-12(11)16)18-14(19)17-9-15(3,4)5;2*1-2/h6-8H,1,9H2,2-5H3,(H2,17,18,19);2*1-2H3. The van der Waals surface area contributed by atoms with Crippen LogP contribution >= 0.6 is 0 Å². The Morgan fingerprint density at radius 1 is 1.22 bits per heavy atom. The zero-order valence-corrected chi connectivity index (χ0v) is 15.9. The highest BCUT2D eigenvalue weighted by molar-refractivity contribution is 5.90. The summed E-state index contributed by atoms with van der Waals surface area (Å²) >= 11 is 0. The Labute approximate surface area is 141 Å². The summed E-state index contributed by atoms with van der Waals surface area (Å²) in [5.74, 6) is -0.340. The van der Waals surface area contributed by atoms with Gasteiger partial charge in [-0.05, 0) is 30.0 Å². The maximum Gasteiger partial charge on any atom is 0.319 e. The second kappa shape index (κ2) is 11.7. The summed E-state index contributed by atoms with van der Waals surface area (Å²) in [6.07, 6.45) is 1.42. The molecule has 0 atom stereocenters. The average molecular weight is 324 g/mol. The Kier molecular flexibility index (Phi) is 11.9. The Morgan fingerprint density at radius 2 is 1.74 bits per heavy atom. The Hall–Kier alpha value is -1.84. The minimum absolute atomic E-state index is 0.0153. The first kappa shape index (κ1) is 23.4. The molecule has 0 bridgehead atoms. The molecule has 3 nitrogen and oxygen atoms in total. The van der Waals surface area contributed by atoms with Crippen LogP contribution < -0.4 is 10.6 Å². The van der Waals surface area contributed by atoms with Crippen molar-refractivity contribution in [3.05, 3.63) is 35.7 Å². The lowest BCUT2D eigenvalue weighted by molar-refractivity contribution is 0.247. The van der Waals surface area contributed by atoms with Gasteiger partial charge in [0.15, 0.2) is 0 Å². The first-order chi connectivity index (χ1) is 10.7. The number of urea groups is 1. The van der Waals surface area contributed by atoms with Gasteiger partial charge in [-0.25, -0.2) is 9.18 Å². The predicted molar refractivity (Wildman–Crippen MR) is 100 cm³/mol. The van der Waals surface area contributed by atoms with E-state index in [0.29, 0.717) is 23.4 Å². The van der Waals surface area contributed by atoms with Crippen molar-refractivity contribution in [1.29, 1.82) is 0 Å². The van der Waals surface area contributed by atoms with Gasteiger partial charge in [0.2, 0.25) is 0 Å². The summed E-state index contributed by atoms with van der Waals surface area (Å²) in [6.45, 7) is 20.0. The van der Waals surface area contributed by atoms with Crippen molar-refractivity contribution in [2.45, 2.75) is 55.4 Å². The van der Waals surface area contributed by atoms with Gasteiger partial charge >= 0.3 is 6.03 Å². The number of carbonyl (C=O) groups excluding carboxylic acids is 1. The van der Waals surface area contributed by atoms with Gasteiger partial charge in [-0.2, -0.15) is 0 Å². The monoisotopic (exact) mass is 324 g/mol. The average Bonchev–Trinajstić information content (AvgIpc) is 2.51. The molecule has 0 aliphatic heterocycles. The number of halogens is 1. The fourth-order valence-electron chi connectivity index (χ4n) is 1.49. The number of hydrogen-bond acceptors (Lipinski definition) is 1. The van der Waals surface area contributed by atoms with Crippen LogP contribution in [-0.2, 0) is 0 Å². The Morgan fingerprint density at radius 3 is 2.17 bits per heavy atom. The molecule has 1 aromatic rings. The van der Waals surface area contributed by atoms with Crippen LogP contribution in [0.3, 0.4) is 0 Å². The SMILES string of the molecule is C=Cc1cc(NC(=O)NCC(C)(C)C)c(C)cc1F.CC.CC. The van der Waals surface area contributed by atoms with E-state index in [0.717, 1.165) is 0 Å². The molecule has 0 radical (unpaired) electrons. The van der Waals surface area contributed by atoms with Gasteiger partial charge in [-0.15, -0.1) is 0 Å². The van der Waals surface area contributed by atoms with Crippen molar-refractivity contribution in [2.24, 2.45) is 5.41 Å². The lowest BCUT2D eigenvalue weighted by atomic mass is 9.97. The van der Waals surface area contributed by atoms with Crippen LogP contribution in [0, 0.1) is 18.2 Å². The highest BCUT2D eigenvalue weighted by atomic mass is 19.1. The molecule has 0 aliphatic carbocycles. The third kappa shape index (κ3) is 9.72. The van der Waals surface area contributed by atoms with E-state index in [-0.39, 0.29) is 17.3 Å². The lowest BCUT2D eigenvalue weighted by Gasteiger charge is -2.19. The second-order valence-electron chi connectivity index (χ2n) is 5.76. The zero-order chi connectivity index (χ0) is 18.6. The number of anilines is 1. The predicted octanol–water partition coefficient (Wildman–Crippen LogP) is 6.00. The van der Waals surface area contributed by atoms with Gasteiger partial charge in [0, 0.05) is 17.8 Å². The molecule has 1 aromatic carbocycles.